The average Bonchev–Trinajstić information content (AvgIpc) is 2.95. The second-order valence-electron chi connectivity index (χ2n) is 4.75. The Kier molecular flexibility index (Phi) is 5.70. The molecule has 1 saturated heterocycles. The third-order valence-electron chi connectivity index (χ3n) is 3.07. The van der Waals surface area contributed by atoms with Crippen LogP contribution in [0.25, 0.3) is 0 Å². The lowest BCUT2D eigenvalue weighted by Crippen LogP contribution is -2.44. The maximum atomic E-state index is 4.25. The number of rotatable bonds is 3. The standard InChI is InChI=1S/C11H21N3S.HI/c1-11(6-3-7-15-11)8-13-10(12-2)14-9-4-5-9;/h9H,3-8H2,1-2H3,(H2,12,13,14);1H. The van der Waals surface area contributed by atoms with Gasteiger partial charge in [0.05, 0.1) is 0 Å². The molecule has 3 nitrogen and oxygen atoms in total. The first-order valence-electron chi connectivity index (χ1n) is 5.83. The summed E-state index contributed by atoms with van der Waals surface area (Å²) in [5.74, 6) is 2.29. The molecule has 1 atom stereocenters. The van der Waals surface area contributed by atoms with Crippen LogP contribution in [0.4, 0.5) is 0 Å². The van der Waals surface area contributed by atoms with Crippen molar-refractivity contribution < 1.29 is 0 Å². The summed E-state index contributed by atoms with van der Waals surface area (Å²) in [6.07, 6.45) is 5.28. The highest BCUT2D eigenvalue weighted by Gasteiger charge is 2.30. The Hall–Kier alpha value is 0.350. The summed E-state index contributed by atoms with van der Waals surface area (Å²) in [7, 11) is 1.85. The summed E-state index contributed by atoms with van der Waals surface area (Å²) in [5.41, 5.74) is 0. The highest BCUT2D eigenvalue weighted by molar-refractivity contribution is 14.0. The quantitative estimate of drug-likeness (QED) is 0.463. The van der Waals surface area contributed by atoms with Crippen molar-refractivity contribution in [2.75, 3.05) is 19.3 Å². The summed E-state index contributed by atoms with van der Waals surface area (Å²) in [6.45, 7) is 3.38. The fourth-order valence-electron chi connectivity index (χ4n) is 1.86. The first-order chi connectivity index (χ1) is 7.22. The van der Waals surface area contributed by atoms with Crippen LogP contribution < -0.4 is 10.6 Å². The van der Waals surface area contributed by atoms with Crippen molar-refractivity contribution in [2.24, 2.45) is 4.99 Å². The third-order valence-corrected chi connectivity index (χ3v) is 4.61. The number of nitrogens with zero attached hydrogens (tertiary/aromatic N) is 1. The minimum absolute atomic E-state index is 0. The molecule has 0 aromatic heterocycles. The van der Waals surface area contributed by atoms with Crippen molar-refractivity contribution in [1.82, 2.24) is 10.6 Å². The normalized spacial score (nSPS) is 29.8. The van der Waals surface area contributed by atoms with Gasteiger partial charge in [0.15, 0.2) is 5.96 Å². The Morgan fingerprint density at radius 1 is 1.50 bits per heavy atom. The van der Waals surface area contributed by atoms with E-state index >= 15 is 0 Å². The molecule has 1 saturated carbocycles. The van der Waals surface area contributed by atoms with E-state index in [-0.39, 0.29) is 24.0 Å². The van der Waals surface area contributed by atoms with Gasteiger partial charge in [-0.1, -0.05) is 0 Å². The van der Waals surface area contributed by atoms with Gasteiger partial charge in [-0.15, -0.1) is 24.0 Å². The maximum Gasteiger partial charge on any atom is 0.191 e. The highest BCUT2D eigenvalue weighted by atomic mass is 127. The molecule has 94 valence electrons. The minimum Gasteiger partial charge on any atom is -0.355 e. The van der Waals surface area contributed by atoms with Crippen LogP contribution in [0.1, 0.15) is 32.6 Å². The molecule has 1 heterocycles. The smallest absolute Gasteiger partial charge is 0.191 e. The molecule has 2 rings (SSSR count). The largest absolute Gasteiger partial charge is 0.355 e. The molecule has 0 amide bonds. The lowest BCUT2D eigenvalue weighted by molar-refractivity contribution is 0.584. The number of aliphatic imine (C=N–C) groups is 1. The molecule has 0 aromatic rings. The molecular formula is C11H22IN3S. The van der Waals surface area contributed by atoms with E-state index in [1.165, 1.54) is 31.4 Å². The van der Waals surface area contributed by atoms with Crippen molar-refractivity contribution >= 4 is 41.7 Å². The van der Waals surface area contributed by atoms with E-state index in [1.807, 2.05) is 7.05 Å². The van der Waals surface area contributed by atoms with Crippen LogP contribution in [0.5, 0.6) is 0 Å². The van der Waals surface area contributed by atoms with Crippen molar-refractivity contribution in [3.63, 3.8) is 0 Å². The van der Waals surface area contributed by atoms with E-state index in [2.05, 4.69) is 34.3 Å². The Bertz CT molecular complexity index is 248. The van der Waals surface area contributed by atoms with Gasteiger partial charge in [0, 0.05) is 24.4 Å². The molecule has 2 N–H and O–H groups in total. The fourth-order valence-corrected chi connectivity index (χ4v) is 3.11. The van der Waals surface area contributed by atoms with Gasteiger partial charge >= 0.3 is 0 Å². The highest BCUT2D eigenvalue weighted by Crippen LogP contribution is 2.36. The van der Waals surface area contributed by atoms with Crippen LogP contribution in [0.2, 0.25) is 0 Å². The molecule has 0 aromatic carbocycles. The van der Waals surface area contributed by atoms with Crippen LogP contribution in [0, 0.1) is 0 Å². The predicted molar refractivity (Wildman–Crippen MR) is 83.0 cm³/mol. The van der Waals surface area contributed by atoms with Crippen molar-refractivity contribution in [2.45, 2.75) is 43.4 Å². The zero-order valence-electron chi connectivity index (χ0n) is 10.1. The molecule has 1 unspecified atom stereocenters. The number of hydrogen-bond acceptors (Lipinski definition) is 2. The average molecular weight is 355 g/mol. The predicted octanol–water partition coefficient (Wildman–Crippen LogP) is 2.22. The van der Waals surface area contributed by atoms with Crippen molar-refractivity contribution in [3.8, 4) is 0 Å². The molecule has 0 bridgehead atoms. The molecule has 2 aliphatic rings. The minimum atomic E-state index is 0. The van der Waals surface area contributed by atoms with Gasteiger partial charge in [-0.2, -0.15) is 11.8 Å². The zero-order valence-corrected chi connectivity index (χ0v) is 13.2. The van der Waals surface area contributed by atoms with Crippen LogP contribution in [-0.2, 0) is 0 Å². The van der Waals surface area contributed by atoms with E-state index in [1.54, 1.807) is 0 Å². The van der Waals surface area contributed by atoms with Gasteiger partial charge in [0.1, 0.15) is 0 Å². The molecule has 1 aliphatic carbocycles. The lowest BCUT2D eigenvalue weighted by atomic mass is 10.1. The topological polar surface area (TPSA) is 36.4 Å². The number of nitrogens with one attached hydrogen (secondary N) is 2. The number of hydrogen-bond donors (Lipinski definition) is 2. The van der Waals surface area contributed by atoms with Gasteiger partial charge < -0.3 is 10.6 Å². The first-order valence-corrected chi connectivity index (χ1v) is 6.82. The Balaban J connectivity index is 0.00000128. The van der Waals surface area contributed by atoms with E-state index < -0.39 is 0 Å². The van der Waals surface area contributed by atoms with E-state index in [0.29, 0.717) is 10.8 Å². The molecule has 1 aliphatic heterocycles. The molecule has 0 spiro atoms. The Labute approximate surface area is 120 Å². The van der Waals surface area contributed by atoms with Crippen LogP contribution >= 0.6 is 35.7 Å². The van der Waals surface area contributed by atoms with Crippen LogP contribution in [0.3, 0.4) is 0 Å². The van der Waals surface area contributed by atoms with Gasteiger partial charge in [-0.05, 0) is 38.4 Å². The van der Waals surface area contributed by atoms with Crippen LogP contribution in [0.15, 0.2) is 4.99 Å². The third kappa shape index (κ3) is 4.31. The Morgan fingerprint density at radius 2 is 2.25 bits per heavy atom. The number of halogens is 1. The van der Waals surface area contributed by atoms with E-state index in [0.717, 1.165) is 12.5 Å². The summed E-state index contributed by atoms with van der Waals surface area (Å²) in [6, 6.07) is 0.681. The molecule has 16 heavy (non-hydrogen) atoms. The zero-order chi connectivity index (χ0) is 10.7. The summed E-state index contributed by atoms with van der Waals surface area (Å²) < 4.78 is 0.418. The van der Waals surface area contributed by atoms with E-state index in [9.17, 15) is 0 Å². The molecule has 0 radical (unpaired) electrons. The SMILES string of the molecule is CN=C(NCC1(C)CCCS1)NC1CC1.I. The summed E-state index contributed by atoms with van der Waals surface area (Å²) in [5, 5.41) is 6.85. The van der Waals surface area contributed by atoms with Crippen molar-refractivity contribution in [1.29, 1.82) is 0 Å². The second kappa shape index (κ2) is 6.33. The molecule has 2 fully saturated rings. The first kappa shape index (κ1) is 14.4. The van der Waals surface area contributed by atoms with Gasteiger partial charge in [0.2, 0.25) is 0 Å². The summed E-state index contributed by atoms with van der Waals surface area (Å²) in [4.78, 5) is 4.25. The number of thioether (sulfide) groups is 1. The second-order valence-corrected chi connectivity index (χ2v) is 6.43. The maximum absolute atomic E-state index is 4.25. The Morgan fingerprint density at radius 3 is 2.75 bits per heavy atom. The van der Waals surface area contributed by atoms with Gasteiger partial charge in [-0.3, -0.25) is 4.99 Å². The monoisotopic (exact) mass is 355 g/mol. The van der Waals surface area contributed by atoms with E-state index in [4.69, 9.17) is 0 Å². The van der Waals surface area contributed by atoms with Gasteiger partial charge in [-0.25, -0.2) is 0 Å². The molecular weight excluding hydrogens is 333 g/mol. The summed E-state index contributed by atoms with van der Waals surface area (Å²) >= 11 is 2.09. The van der Waals surface area contributed by atoms with Crippen LogP contribution in [-0.4, -0.2) is 36.1 Å². The fraction of sp³-hybridized carbons (Fsp3) is 0.909. The lowest BCUT2D eigenvalue weighted by Gasteiger charge is -2.24. The van der Waals surface area contributed by atoms with Crippen molar-refractivity contribution in [3.05, 3.63) is 0 Å². The molecule has 5 heteroatoms. The number of guanidine groups is 1. The van der Waals surface area contributed by atoms with Gasteiger partial charge in [0.25, 0.3) is 0 Å².